The third kappa shape index (κ3) is 3.59. The maximum absolute atomic E-state index is 13.2. The molecular weight excluding hydrogens is 373 g/mol. The minimum Gasteiger partial charge on any atom is -0.330 e. The van der Waals surface area contributed by atoms with Crippen molar-refractivity contribution in [1.82, 2.24) is 15.1 Å². The van der Waals surface area contributed by atoms with Gasteiger partial charge in [-0.1, -0.05) is 47.5 Å². The number of rotatable bonds is 4. The molecule has 1 amide bonds. The van der Waals surface area contributed by atoms with Crippen LogP contribution in [0.3, 0.4) is 0 Å². The van der Waals surface area contributed by atoms with E-state index in [1.165, 1.54) is 0 Å². The Hall–Kier alpha value is -2.37. The number of amides is 1. The van der Waals surface area contributed by atoms with Gasteiger partial charge in [-0.25, -0.2) is 5.10 Å². The summed E-state index contributed by atoms with van der Waals surface area (Å²) in [7, 11) is 0. The molecule has 7 heteroatoms. The van der Waals surface area contributed by atoms with Crippen molar-refractivity contribution in [3.8, 4) is 0 Å². The molecule has 0 spiro atoms. The topological polar surface area (TPSA) is 66.1 Å². The molecule has 0 saturated heterocycles. The number of benzene rings is 2. The lowest BCUT2D eigenvalue weighted by Crippen LogP contribution is -2.37. The lowest BCUT2D eigenvalue weighted by atomic mass is 10.1. The van der Waals surface area contributed by atoms with Crippen molar-refractivity contribution in [2.45, 2.75) is 26.4 Å². The zero-order valence-corrected chi connectivity index (χ0v) is 15.8. The van der Waals surface area contributed by atoms with Gasteiger partial charge in [-0.05, 0) is 37.6 Å². The first-order chi connectivity index (χ1) is 12.4. The number of fused-ring (bicyclic) bond motifs is 1. The van der Waals surface area contributed by atoms with E-state index in [4.69, 9.17) is 23.2 Å². The van der Waals surface area contributed by atoms with Crippen molar-refractivity contribution in [3.05, 3.63) is 74.1 Å². The number of carbonyl (C=O) groups is 1. The summed E-state index contributed by atoms with van der Waals surface area (Å²) in [5.41, 5.74) is 0.752. The van der Waals surface area contributed by atoms with E-state index in [2.05, 4.69) is 10.2 Å². The Morgan fingerprint density at radius 3 is 2.46 bits per heavy atom. The molecule has 0 atom stereocenters. The van der Waals surface area contributed by atoms with Gasteiger partial charge >= 0.3 is 0 Å². The van der Waals surface area contributed by atoms with Gasteiger partial charge < -0.3 is 4.90 Å². The molecule has 0 bridgehead atoms. The Kier molecular flexibility index (Phi) is 5.30. The number of halogens is 2. The fourth-order valence-electron chi connectivity index (χ4n) is 2.74. The van der Waals surface area contributed by atoms with Crippen molar-refractivity contribution >= 4 is 39.9 Å². The Bertz CT molecular complexity index is 1030. The molecule has 0 unspecified atom stereocenters. The molecule has 0 aliphatic heterocycles. The maximum atomic E-state index is 13.2. The third-order valence-corrected chi connectivity index (χ3v) is 4.86. The number of aromatic amines is 1. The molecule has 3 aromatic rings. The van der Waals surface area contributed by atoms with Gasteiger partial charge in [0.1, 0.15) is 0 Å². The second kappa shape index (κ2) is 7.48. The quantitative estimate of drug-likeness (QED) is 0.723. The van der Waals surface area contributed by atoms with Gasteiger partial charge in [0.05, 0.1) is 15.4 Å². The molecule has 5 nitrogen and oxygen atoms in total. The molecule has 0 saturated carbocycles. The van der Waals surface area contributed by atoms with Gasteiger partial charge in [-0.15, -0.1) is 0 Å². The van der Waals surface area contributed by atoms with Crippen LogP contribution in [0.2, 0.25) is 10.0 Å². The smallest absolute Gasteiger partial charge is 0.275 e. The first-order valence-electron chi connectivity index (χ1n) is 8.11. The van der Waals surface area contributed by atoms with Crippen molar-refractivity contribution in [3.63, 3.8) is 0 Å². The summed E-state index contributed by atoms with van der Waals surface area (Å²) >= 11 is 12.0. The monoisotopic (exact) mass is 389 g/mol. The van der Waals surface area contributed by atoms with E-state index in [1.54, 1.807) is 41.3 Å². The first-order valence-corrected chi connectivity index (χ1v) is 8.86. The van der Waals surface area contributed by atoms with Crippen LogP contribution >= 0.6 is 23.2 Å². The predicted molar refractivity (Wildman–Crippen MR) is 104 cm³/mol. The molecule has 134 valence electrons. The molecule has 0 aliphatic rings. The summed E-state index contributed by atoms with van der Waals surface area (Å²) < 4.78 is 0. The number of hydrogen-bond donors (Lipinski definition) is 1. The fraction of sp³-hybridized carbons (Fsp3) is 0.211. The van der Waals surface area contributed by atoms with Gasteiger partial charge in [0.15, 0.2) is 5.69 Å². The normalized spacial score (nSPS) is 11.1. The first kappa shape index (κ1) is 18.4. The van der Waals surface area contributed by atoms with Crippen LogP contribution in [0.1, 0.15) is 29.9 Å². The van der Waals surface area contributed by atoms with E-state index in [0.717, 1.165) is 5.56 Å². The molecule has 0 fully saturated rings. The summed E-state index contributed by atoms with van der Waals surface area (Å²) in [6, 6.07) is 12.1. The van der Waals surface area contributed by atoms with Crippen molar-refractivity contribution in [2.24, 2.45) is 0 Å². The molecule has 0 radical (unpaired) electrons. The predicted octanol–water partition coefficient (Wildman–Crippen LogP) is 4.28. The third-order valence-electron chi connectivity index (χ3n) is 4.12. The summed E-state index contributed by atoms with van der Waals surface area (Å²) in [4.78, 5) is 26.8. The van der Waals surface area contributed by atoms with E-state index in [-0.39, 0.29) is 23.2 Å². The summed E-state index contributed by atoms with van der Waals surface area (Å²) in [5, 5.41) is 8.28. The largest absolute Gasteiger partial charge is 0.330 e. The van der Waals surface area contributed by atoms with Crippen LogP contribution < -0.4 is 5.56 Å². The van der Waals surface area contributed by atoms with Crippen LogP contribution in [0.5, 0.6) is 0 Å². The molecule has 0 aliphatic carbocycles. The van der Waals surface area contributed by atoms with Gasteiger partial charge in [0.2, 0.25) is 0 Å². The number of H-pyrrole nitrogens is 1. The van der Waals surface area contributed by atoms with Crippen LogP contribution in [0.15, 0.2) is 47.3 Å². The number of hydrogen-bond acceptors (Lipinski definition) is 3. The van der Waals surface area contributed by atoms with Crippen molar-refractivity contribution in [2.75, 3.05) is 0 Å². The van der Waals surface area contributed by atoms with Gasteiger partial charge in [0, 0.05) is 18.0 Å². The number of aromatic nitrogens is 2. The van der Waals surface area contributed by atoms with E-state index < -0.39 is 0 Å². The fourth-order valence-corrected chi connectivity index (χ4v) is 3.06. The van der Waals surface area contributed by atoms with E-state index in [1.807, 2.05) is 19.9 Å². The number of carbonyl (C=O) groups excluding carboxylic acids is 1. The van der Waals surface area contributed by atoms with Crippen LogP contribution in [0.4, 0.5) is 0 Å². The second-order valence-electron chi connectivity index (χ2n) is 6.22. The molecule has 26 heavy (non-hydrogen) atoms. The molecule has 1 heterocycles. The van der Waals surface area contributed by atoms with Crippen LogP contribution in [-0.4, -0.2) is 27.0 Å². The molecule has 2 aromatic carbocycles. The van der Waals surface area contributed by atoms with Crippen molar-refractivity contribution < 1.29 is 4.79 Å². The van der Waals surface area contributed by atoms with Gasteiger partial charge in [-0.3, -0.25) is 9.59 Å². The highest BCUT2D eigenvalue weighted by Gasteiger charge is 2.23. The number of nitrogens with one attached hydrogen (secondary N) is 1. The zero-order valence-electron chi connectivity index (χ0n) is 14.3. The van der Waals surface area contributed by atoms with E-state index >= 15 is 0 Å². The zero-order chi connectivity index (χ0) is 18.8. The molecule has 3 rings (SSSR count). The average Bonchev–Trinajstić information content (AvgIpc) is 2.62. The summed E-state index contributed by atoms with van der Waals surface area (Å²) in [5.74, 6) is -0.265. The summed E-state index contributed by atoms with van der Waals surface area (Å²) in [6.45, 7) is 4.19. The minimum absolute atomic E-state index is 0.0792. The van der Waals surface area contributed by atoms with Gasteiger partial charge in [0.25, 0.3) is 11.5 Å². The van der Waals surface area contributed by atoms with Crippen LogP contribution in [-0.2, 0) is 6.54 Å². The minimum atomic E-state index is -0.322. The molecule has 1 aromatic heterocycles. The van der Waals surface area contributed by atoms with E-state index in [0.29, 0.717) is 27.4 Å². The maximum Gasteiger partial charge on any atom is 0.275 e. The van der Waals surface area contributed by atoms with Crippen LogP contribution in [0.25, 0.3) is 10.8 Å². The van der Waals surface area contributed by atoms with E-state index in [9.17, 15) is 9.59 Å². The molecular formula is C19H17Cl2N3O2. The standard InChI is InChI=1S/C19H17Cl2N3O2/c1-11(2)24(10-12-7-8-15(20)16(21)9-12)19(26)17-13-5-3-4-6-14(13)18(25)23-22-17/h3-9,11H,10H2,1-2H3,(H,23,25). The highest BCUT2D eigenvalue weighted by molar-refractivity contribution is 6.42. The highest BCUT2D eigenvalue weighted by atomic mass is 35.5. The Balaban J connectivity index is 2.01. The SMILES string of the molecule is CC(C)N(Cc1ccc(Cl)c(Cl)c1)C(=O)c1n[nH]c(=O)c2ccccc12. The van der Waals surface area contributed by atoms with Crippen LogP contribution in [0, 0.1) is 0 Å². The Morgan fingerprint density at radius 2 is 1.81 bits per heavy atom. The number of nitrogens with zero attached hydrogens (tertiary/aromatic N) is 2. The Labute approximate surface area is 160 Å². The average molecular weight is 390 g/mol. The lowest BCUT2D eigenvalue weighted by Gasteiger charge is -2.27. The Morgan fingerprint density at radius 1 is 1.12 bits per heavy atom. The lowest BCUT2D eigenvalue weighted by molar-refractivity contribution is 0.0685. The molecule has 1 N–H and O–H groups in total. The highest BCUT2D eigenvalue weighted by Crippen LogP contribution is 2.24. The van der Waals surface area contributed by atoms with Crippen molar-refractivity contribution in [1.29, 1.82) is 0 Å². The summed E-state index contributed by atoms with van der Waals surface area (Å²) in [6.07, 6.45) is 0. The second-order valence-corrected chi connectivity index (χ2v) is 7.04. The van der Waals surface area contributed by atoms with Gasteiger partial charge in [-0.2, -0.15) is 5.10 Å².